The number of imide groups is 1. The number of allylic oxidation sites excluding steroid dienone is 2. The molecule has 1 saturated heterocycles. The van der Waals surface area contributed by atoms with Gasteiger partial charge in [-0.1, -0.05) is 30.4 Å². The number of aryl methyl sites for hydroxylation is 1. The van der Waals surface area contributed by atoms with Gasteiger partial charge in [0.25, 0.3) is 11.8 Å². The highest BCUT2D eigenvalue weighted by Crippen LogP contribution is 2.65. The van der Waals surface area contributed by atoms with E-state index in [0.29, 0.717) is 28.9 Å². The summed E-state index contributed by atoms with van der Waals surface area (Å²) in [4.78, 5) is 26.5. The van der Waals surface area contributed by atoms with E-state index in [-0.39, 0.29) is 35.5 Å². The number of amides is 2. The number of hydrazone groups is 1. The van der Waals surface area contributed by atoms with Crippen molar-refractivity contribution in [3.63, 3.8) is 0 Å². The van der Waals surface area contributed by atoms with Crippen LogP contribution in [0.3, 0.4) is 0 Å². The summed E-state index contributed by atoms with van der Waals surface area (Å²) in [6.07, 6.45) is 8.87. The minimum absolute atomic E-state index is 0.170. The van der Waals surface area contributed by atoms with E-state index >= 15 is 0 Å². The third kappa shape index (κ3) is 2.68. The molecule has 33 heavy (non-hydrogen) atoms. The Morgan fingerprint density at radius 2 is 1.70 bits per heavy atom. The molecule has 2 saturated carbocycles. The normalized spacial score (nSPS) is 31.5. The van der Waals surface area contributed by atoms with Crippen LogP contribution in [0.15, 0.2) is 70.3 Å². The molecule has 1 aliphatic heterocycles. The SMILES string of the molecule is Cc1ccc(-c2nn(-c3ccccc3)cc2/C=N\N2C(=O)[C@@H]3[C@H]4C=C[C@@H]([C@@H]5C[C@@H]45)[C@@H]3C2=O)o1. The summed E-state index contributed by atoms with van der Waals surface area (Å²) < 4.78 is 7.56. The van der Waals surface area contributed by atoms with Gasteiger partial charge < -0.3 is 4.42 Å². The Morgan fingerprint density at radius 1 is 1.00 bits per heavy atom. The van der Waals surface area contributed by atoms with E-state index in [2.05, 4.69) is 17.3 Å². The van der Waals surface area contributed by atoms with Gasteiger partial charge in [-0.05, 0) is 61.3 Å². The molecule has 1 aromatic carbocycles. The van der Waals surface area contributed by atoms with Gasteiger partial charge >= 0.3 is 0 Å². The summed E-state index contributed by atoms with van der Waals surface area (Å²) in [6.45, 7) is 1.88. The standard InChI is InChI=1S/C26H22N4O3/c1-14-7-10-21(33-14)24-15(13-29(28-24)16-5-3-2-4-6-16)12-27-30-25(31)22-17-8-9-18(20-11-19(17)20)23(22)26(30)32/h2-10,12-13,17-20,22-23H,11H2,1H3/b27-12-/t17-,18-,19-,20-,22-,23+/m0/s1. The second-order valence-electron chi connectivity index (χ2n) is 9.51. The Bertz CT molecular complexity index is 1310. The Kier molecular flexibility index (Phi) is 3.78. The zero-order valence-electron chi connectivity index (χ0n) is 18.0. The minimum Gasteiger partial charge on any atom is -0.460 e. The number of hydrogen-bond acceptors (Lipinski definition) is 5. The summed E-state index contributed by atoms with van der Waals surface area (Å²) in [6, 6.07) is 13.5. The lowest BCUT2D eigenvalue weighted by Gasteiger charge is -2.37. The lowest BCUT2D eigenvalue weighted by molar-refractivity contribution is -0.140. The average Bonchev–Trinajstić information content (AvgIpc) is 3.30. The summed E-state index contributed by atoms with van der Waals surface area (Å²) >= 11 is 0. The van der Waals surface area contributed by atoms with Gasteiger partial charge in [0.05, 0.1) is 23.7 Å². The number of nitrogens with zero attached hydrogens (tertiary/aromatic N) is 4. The number of para-hydroxylation sites is 1. The molecule has 0 unspecified atom stereocenters. The van der Waals surface area contributed by atoms with Crippen LogP contribution >= 0.6 is 0 Å². The first kappa shape index (κ1) is 18.8. The zero-order chi connectivity index (χ0) is 22.3. The molecule has 3 fully saturated rings. The fourth-order valence-corrected chi connectivity index (χ4v) is 6.12. The van der Waals surface area contributed by atoms with E-state index in [0.717, 1.165) is 22.9 Å². The average molecular weight is 438 g/mol. The molecule has 2 amide bonds. The number of benzene rings is 1. The van der Waals surface area contributed by atoms with Crippen LogP contribution in [0.2, 0.25) is 0 Å². The lowest BCUT2D eigenvalue weighted by Crippen LogP contribution is -2.40. The molecule has 3 aromatic rings. The number of carbonyl (C=O) groups excluding carboxylic acids is 2. The van der Waals surface area contributed by atoms with Crippen molar-refractivity contribution in [2.45, 2.75) is 13.3 Å². The van der Waals surface area contributed by atoms with Crippen LogP contribution in [0.5, 0.6) is 0 Å². The van der Waals surface area contributed by atoms with E-state index in [1.807, 2.05) is 55.6 Å². The monoisotopic (exact) mass is 438 g/mol. The molecule has 164 valence electrons. The Morgan fingerprint density at radius 3 is 2.33 bits per heavy atom. The van der Waals surface area contributed by atoms with Crippen molar-refractivity contribution in [2.24, 2.45) is 40.6 Å². The second-order valence-corrected chi connectivity index (χ2v) is 9.51. The highest BCUT2D eigenvalue weighted by Gasteiger charge is 2.67. The number of rotatable bonds is 4. The van der Waals surface area contributed by atoms with Crippen LogP contribution < -0.4 is 0 Å². The summed E-state index contributed by atoms with van der Waals surface area (Å²) in [5.74, 6) is 2.04. The molecule has 6 atom stereocenters. The maximum atomic E-state index is 13.2. The Labute approximate surface area is 190 Å². The van der Waals surface area contributed by atoms with Crippen molar-refractivity contribution in [3.05, 3.63) is 72.1 Å². The van der Waals surface area contributed by atoms with E-state index in [9.17, 15) is 9.59 Å². The molecule has 8 rings (SSSR count). The predicted molar refractivity (Wildman–Crippen MR) is 120 cm³/mol. The van der Waals surface area contributed by atoms with Gasteiger partial charge in [0.1, 0.15) is 11.5 Å². The lowest BCUT2D eigenvalue weighted by atomic mass is 9.63. The van der Waals surface area contributed by atoms with Crippen molar-refractivity contribution >= 4 is 18.0 Å². The van der Waals surface area contributed by atoms with E-state index in [1.54, 1.807) is 10.9 Å². The van der Waals surface area contributed by atoms with E-state index in [1.165, 1.54) is 0 Å². The molecular formula is C26H22N4O3. The molecular weight excluding hydrogens is 416 g/mol. The van der Waals surface area contributed by atoms with E-state index < -0.39 is 0 Å². The van der Waals surface area contributed by atoms with Crippen LogP contribution in [-0.4, -0.2) is 32.8 Å². The maximum Gasteiger partial charge on any atom is 0.254 e. The maximum absolute atomic E-state index is 13.2. The van der Waals surface area contributed by atoms with E-state index in [4.69, 9.17) is 9.52 Å². The molecule has 4 aliphatic carbocycles. The highest BCUT2D eigenvalue weighted by molar-refractivity contribution is 6.06. The molecule has 5 aliphatic rings. The Hall–Kier alpha value is -3.74. The molecule has 2 bridgehead atoms. The van der Waals surface area contributed by atoms with Gasteiger partial charge in [-0.2, -0.15) is 15.2 Å². The molecule has 7 nitrogen and oxygen atoms in total. The number of aromatic nitrogens is 2. The molecule has 0 radical (unpaired) electrons. The van der Waals surface area contributed by atoms with Crippen molar-refractivity contribution in [1.82, 2.24) is 14.8 Å². The number of hydrogen-bond donors (Lipinski definition) is 0. The summed E-state index contributed by atoms with van der Waals surface area (Å²) in [7, 11) is 0. The summed E-state index contributed by atoms with van der Waals surface area (Å²) in [5.41, 5.74) is 2.17. The fraction of sp³-hybridized carbons (Fsp3) is 0.308. The number of carbonyl (C=O) groups is 2. The predicted octanol–water partition coefficient (Wildman–Crippen LogP) is 3.83. The largest absolute Gasteiger partial charge is 0.460 e. The van der Waals surface area contributed by atoms with Crippen LogP contribution in [0, 0.1) is 42.4 Å². The van der Waals surface area contributed by atoms with Crippen molar-refractivity contribution in [1.29, 1.82) is 0 Å². The first-order valence-electron chi connectivity index (χ1n) is 11.4. The van der Waals surface area contributed by atoms with Gasteiger partial charge in [0.15, 0.2) is 5.76 Å². The smallest absolute Gasteiger partial charge is 0.254 e. The zero-order valence-corrected chi connectivity index (χ0v) is 18.0. The van der Waals surface area contributed by atoms with Gasteiger partial charge in [0.2, 0.25) is 0 Å². The second kappa shape index (κ2) is 6.63. The molecule has 0 spiro atoms. The van der Waals surface area contributed by atoms with Gasteiger partial charge in [0, 0.05) is 11.8 Å². The quantitative estimate of drug-likeness (QED) is 0.352. The first-order chi connectivity index (χ1) is 16.1. The third-order valence-corrected chi connectivity index (χ3v) is 7.69. The van der Waals surface area contributed by atoms with Crippen LogP contribution in [0.1, 0.15) is 17.7 Å². The van der Waals surface area contributed by atoms with Crippen LogP contribution in [-0.2, 0) is 9.59 Å². The van der Waals surface area contributed by atoms with Crippen molar-refractivity contribution in [3.8, 4) is 17.1 Å². The van der Waals surface area contributed by atoms with Gasteiger partial charge in [-0.3, -0.25) is 9.59 Å². The highest BCUT2D eigenvalue weighted by atomic mass is 16.3. The number of furan rings is 1. The molecule has 7 heteroatoms. The first-order valence-corrected chi connectivity index (χ1v) is 11.4. The topological polar surface area (TPSA) is 80.7 Å². The third-order valence-electron chi connectivity index (χ3n) is 7.69. The van der Waals surface area contributed by atoms with Gasteiger partial charge in [-0.25, -0.2) is 4.68 Å². The molecule has 2 aromatic heterocycles. The molecule has 0 N–H and O–H groups in total. The van der Waals surface area contributed by atoms with Crippen molar-refractivity contribution in [2.75, 3.05) is 0 Å². The Balaban J connectivity index is 1.25. The molecule has 3 heterocycles. The van der Waals surface area contributed by atoms with Crippen LogP contribution in [0.25, 0.3) is 17.1 Å². The van der Waals surface area contributed by atoms with Gasteiger partial charge in [-0.15, -0.1) is 0 Å². The minimum atomic E-state index is -0.257. The van der Waals surface area contributed by atoms with Crippen LogP contribution in [0.4, 0.5) is 0 Å². The summed E-state index contributed by atoms with van der Waals surface area (Å²) in [5, 5.41) is 10.2. The van der Waals surface area contributed by atoms with Crippen molar-refractivity contribution < 1.29 is 14.0 Å². The fourth-order valence-electron chi connectivity index (χ4n) is 6.12.